The van der Waals surface area contributed by atoms with Crippen molar-refractivity contribution in [3.05, 3.63) is 96.7 Å². The number of nitrogens with one attached hydrogen (secondary N) is 1. The van der Waals surface area contributed by atoms with Gasteiger partial charge >= 0.3 is 0 Å². The van der Waals surface area contributed by atoms with Crippen molar-refractivity contribution in [2.24, 2.45) is 0 Å². The Bertz CT molecular complexity index is 1150. The van der Waals surface area contributed by atoms with Gasteiger partial charge in [0.25, 0.3) is 5.91 Å². The quantitative estimate of drug-likeness (QED) is 0.575. The largest absolute Gasteiger partial charge is 0.339 e. The molecule has 0 unspecified atom stereocenters. The van der Waals surface area contributed by atoms with Crippen LogP contribution < -0.4 is 10.2 Å². The van der Waals surface area contributed by atoms with Gasteiger partial charge in [0, 0.05) is 30.8 Å². The zero-order valence-corrected chi connectivity index (χ0v) is 15.7. The molecular formula is C23H19N5O. The van der Waals surface area contributed by atoms with Crippen LogP contribution in [0.1, 0.15) is 15.9 Å². The average molecular weight is 381 g/mol. The molecule has 0 bridgehead atoms. The van der Waals surface area contributed by atoms with E-state index < -0.39 is 0 Å². The highest BCUT2D eigenvalue weighted by Crippen LogP contribution is 2.38. The van der Waals surface area contributed by atoms with Crippen LogP contribution in [0.5, 0.6) is 0 Å². The van der Waals surface area contributed by atoms with Gasteiger partial charge in [-0.3, -0.25) is 9.36 Å². The Kier molecular flexibility index (Phi) is 4.29. The number of imidazole rings is 1. The van der Waals surface area contributed by atoms with Crippen LogP contribution in [0.15, 0.2) is 85.6 Å². The van der Waals surface area contributed by atoms with Crippen LogP contribution in [0, 0.1) is 0 Å². The molecule has 0 aliphatic carbocycles. The summed E-state index contributed by atoms with van der Waals surface area (Å²) < 4.78 is 1.79. The first-order chi connectivity index (χ1) is 14.3. The molecule has 0 fully saturated rings. The molecule has 29 heavy (non-hydrogen) atoms. The number of anilines is 3. The van der Waals surface area contributed by atoms with Crippen molar-refractivity contribution in [3.63, 3.8) is 0 Å². The maximum atomic E-state index is 12.8. The molecular weight excluding hydrogens is 362 g/mol. The number of rotatable bonds is 4. The second-order valence-corrected chi connectivity index (χ2v) is 6.88. The lowest BCUT2D eigenvalue weighted by Gasteiger charge is -2.23. The average Bonchev–Trinajstić information content (AvgIpc) is 3.45. The van der Waals surface area contributed by atoms with Gasteiger partial charge in [0.15, 0.2) is 0 Å². The summed E-state index contributed by atoms with van der Waals surface area (Å²) in [6, 6.07) is 19.9. The molecule has 6 heteroatoms. The van der Waals surface area contributed by atoms with E-state index in [0.29, 0.717) is 11.4 Å². The van der Waals surface area contributed by atoms with Crippen LogP contribution in [0.2, 0.25) is 0 Å². The van der Waals surface area contributed by atoms with E-state index in [0.717, 1.165) is 24.3 Å². The first kappa shape index (κ1) is 17.2. The highest BCUT2D eigenvalue weighted by molar-refractivity contribution is 6.06. The summed E-state index contributed by atoms with van der Waals surface area (Å²) in [5, 5.41) is 3.05. The number of nitrogens with zero attached hydrogens (tertiary/aromatic N) is 4. The summed E-state index contributed by atoms with van der Waals surface area (Å²) in [6.45, 7) is 0.896. The SMILES string of the molecule is O=C(Nc1ccccc1N1CCc2ccccc21)c1ccc(-n2ccnc2)nc1. The number of para-hydroxylation sites is 3. The van der Waals surface area contributed by atoms with Crippen LogP contribution in [0.25, 0.3) is 5.82 Å². The van der Waals surface area contributed by atoms with Gasteiger partial charge in [0.2, 0.25) is 0 Å². The molecule has 6 nitrogen and oxygen atoms in total. The summed E-state index contributed by atoms with van der Waals surface area (Å²) in [5.74, 6) is 0.530. The molecule has 0 spiro atoms. The minimum Gasteiger partial charge on any atom is -0.339 e. The number of hydrogen-bond donors (Lipinski definition) is 1. The highest BCUT2D eigenvalue weighted by atomic mass is 16.1. The monoisotopic (exact) mass is 381 g/mol. The van der Waals surface area contributed by atoms with Crippen LogP contribution in [-0.4, -0.2) is 27.0 Å². The minimum atomic E-state index is -0.186. The lowest BCUT2D eigenvalue weighted by atomic mass is 10.1. The first-order valence-corrected chi connectivity index (χ1v) is 9.50. The number of benzene rings is 2. The van der Waals surface area contributed by atoms with Gasteiger partial charge in [0.05, 0.1) is 16.9 Å². The number of carbonyl (C=O) groups excluding carboxylic acids is 1. The Balaban J connectivity index is 1.40. The molecule has 5 rings (SSSR count). The fourth-order valence-corrected chi connectivity index (χ4v) is 3.67. The number of aromatic nitrogens is 3. The molecule has 0 radical (unpaired) electrons. The summed E-state index contributed by atoms with van der Waals surface area (Å²) >= 11 is 0. The molecule has 1 aliphatic rings. The standard InChI is InChI=1S/C23H19N5O/c29-23(18-9-10-22(25-15-18)27-14-12-24-16-27)26-19-6-2-4-8-21(19)28-13-11-17-5-1-3-7-20(17)28/h1-10,12,14-16H,11,13H2,(H,26,29). The van der Waals surface area contributed by atoms with Gasteiger partial charge in [-0.05, 0) is 42.3 Å². The second-order valence-electron chi connectivity index (χ2n) is 6.88. The van der Waals surface area contributed by atoms with Crippen molar-refractivity contribution in [1.29, 1.82) is 0 Å². The summed E-state index contributed by atoms with van der Waals surface area (Å²) in [6.07, 6.45) is 7.75. The van der Waals surface area contributed by atoms with E-state index in [2.05, 4.69) is 38.4 Å². The molecule has 1 amide bonds. The molecule has 0 saturated carbocycles. The van der Waals surface area contributed by atoms with Crippen molar-refractivity contribution in [2.75, 3.05) is 16.8 Å². The highest BCUT2D eigenvalue weighted by Gasteiger charge is 2.22. The number of carbonyl (C=O) groups is 1. The maximum Gasteiger partial charge on any atom is 0.257 e. The Morgan fingerprint density at radius 3 is 2.59 bits per heavy atom. The molecule has 0 saturated heterocycles. The third-order valence-corrected chi connectivity index (χ3v) is 5.11. The van der Waals surface area contributed by atoms with Gasteiger partial charge in [-0.15, -0.1) is 0 Å². The van der Waals surface area contributed by atoms with Crippen LogP contribution in [0.3, 0.4) is 0 Å². The lowest BCUT2D eigenvalue weighted by Crippen LogP contribution is -2.18. The normalized spacial score (nSPS) is 12.6. The number of hydrogen-bond acceptors (Lipinski definition) is 4. The van der Waals surface area contributed by atoms with Crippen LogP contribution in [-0.2, 0) is 6.42 Å². The summed E-state index contributed by atoms with van der Waals surface area (Å²) in [4.78, 5) is 23.5. The fourth-order valence-electron chi connectivity index (χ4n) is 3.67. The van der Waals surface area contributed by atoms with Crippen LogP contribution >= 0.6 is 0 Å². The van der Waals surface area contributed by atoms with Crippen molar-refractivity contribution in [3.8, 4) is 5.82 Å². The van der Waals surface area contributed by atoms with E-state index in [4.69, 9.17) is 0 Å². The molecule has 142 valence electrons. The molecule has 0 atom stereocenters. The Hall–Kier alpha value is -3.93. The van der Waals surface area contributed by atoms with Crippen LogP contribution in [0.4, 0.5) is 17.1 Å². The smallest absolute Gasteiger partial charge is 0.257 e. The van der Waals surface area contributed by atoms with Gasteiger partial charge < -0.3 is 10.2 Å². The summed E-state index contributed by atoms with van der Waals surface area (Å²) in [7, 11) is 0. The minimum absolute atomic E-state index is 0.186. The number of fused-ring (bicyclic) bond motifs is 1. The van der Waals surface area contributed by atoms with Crippen molar-refractivity contribution in [2.45, 2.75) is 6.42 Å². The van der Waals surface area contributed by atoms with Gasteiger partial charge in [-0.25, -0.2) is 9.97 Å². The predicted molar refractivity (Wildman–Crippen MR) is 113 cm³/mol. The molecule has 2 aromatic heterocycles. The van der Waals surface area contributed by atoms with Crippen molar-refractivity contribution < 1.29 is 4.79 Å². The first-order valence-electron chi connectivity index (χ1n) is 9.50. The number of pyridine rings is 1. The second kappa shape index (κ2) is 7.24. The maximum absolute atomic E-state index is 12.8. The topological polar surface area (TPSA) is 63.1 Å². The van der Waals surface area contributed by atoms with E-state index >= 15 is 0 Å². The van der Waals surface area contributed by atoms with Gasteiger partial charge in [-0.2, -0.15) is 0 Å². The van der Waals surface area contributed by atoms with E-state index in [1.54, 1.807) is 35.4 Å². The third kappa shape index (κ3) is 3.25. The zero-order chi connectivity index (χ0) is 19.6. The molecule has 1 N–H and O–H groups in total. The molecule has 1 aliphatic heterocycles. The molecule has 2 aromatic carbocycles. The van der Waals surface area contributed by atoms with E-state index in [1.165, 1.54) is 11.3 Å². The third-order valence-electron chi connectivity index (χ3n) is 5.11. The van der Waals surface area contributed by atoms with Crippen molar-refractivity contribution >= 4 is 23.0 Å². The summed E-state index contributed by atoms with van der Waals surface area (Å²) in [5.41, 5.74) is 4.81. The van der Waals surface area contributed by atoms with Gasteiger partial charge in [0.1, 0.15) is 12.1 Å². The fraction of sp³-hybridized carbons (Fsp3) is 0.0870. The predicted octanol–water partition coefficient (Wildman–Crippen LogP) is 4.21. The van der Waals surface area contributed by atoms with E-state index in [-0.39, 0.29) is 5.91 Å². The zero-order valence-electron chi connectivity index (χ0n) is 15.7. The molecule has 4 aromatic rings. The Morgan fingerprint density at radius 2 is 1.79 bits per heavy atom. The lowest BCUT2D eigenvalue weighted by molar-refractivity contribution is 0.102. The Labute approximate surface area is 168 Å². The van der Waals surface area contributed by atoms with Gasteiger partial charge in [-0.1, -0.05) is 30.3 Å². The van der Waals surface area contributed by atoms with E-state index in [9.17, 15) is 4.79 Å². The Morgan fingerprint density at radius 1 is 0.966 bits per heavy atom. The van der Waals surface area contributed by atoms with Crippen molar-refractivity contribution in [1.82, 2.24) is 14.5 Å². The number of amides is 1. The molecule has 3 heterocycles. The van der Waals surface area contributed by atoms with E-state index in [1.807, 2.05) is 36.5 Å².